The zero-order valence-electron chi connectivity index (χ0n) is 13.5. The number of guanidine groups is 1. The fourth-order valence-corrected chi connectivity index (χ4v) is 3.91. The maximum Gasteiger partial charge on any atom is 0.191 e. The number of nitrogens with one attached hydrogen (secondary N) is 2. The van der Waals surface area contributed by atoms with Gasteiger partial charge in [0.2, 0.25) is 0 Å². The van der Waals surface area contributed by atoms with E-state index in [2.05, 4.69) is 37.3 Å². The summed E-state index contributed by atoms with van der Waals surface area (Å²) in [6.45, 7) is 9.90. The van der Waals surface area contributed by atoms with Crippen molar-refractivity contribution < 1.29 is 0 Å². The lowest BCUT2D eigenvalue weighted by Gasteiger charge is -2.47. The van der Waals surface area contributed by atoms with Crippen molar-refractivity contribution in [3.63, 3.8) is 0 Å². The molecule has 6 nitrogen and oxygen atoms in total. The molecule has 0 spiro atoms. The summed E-state index contributed by atoms with van der Waals surface area (Å²) in [5.74, 6) is 0.867. The third-order valence-electron chi connectivity index (χ3n) is 4.48. The van der Waals surface area contributed by atoms with Crippen LogP contribution in [0.1, 0.15) is 16.8 Å². The molecule has 3 aliphatic heterocycles. The van der Waals surface area contributed by atoms with Crippen LogP contribution in [0.2, 0.25) is 0 Å². The fourth-order valence-electron chi connectivity index (χ4n) is 3.11. The van der Waals surface area contributed by atoms with Gasteiger partial charge in [0.05, 0.1) is 6.54 Å². The van der Waals surface area contributed by atoms with Gasteiger partial charge in [-0.2, -0.15) is 0 Å². The summed E-state index contributed by atoms with van der Waals surface area (Å²) < 4.78 is 0. The van der Waals surface area contributed by atoms with Gasteiger partial charge in [-0.05, 0) is 6.42 Å². The van der Waals surface area contributed by atoms with E-state index in [1.807, 2.05) is 13.2 Å². The molecule has 1 aromatic heterocycles. The van der Waals surface area contributed by atoms with E-state index in [0.29, 0.717) is 6.04 Å². The number of piperazine rings is 3. The number of thiazole rings is 1. The molecular formula is C15H26N6S. The summed E-state index contributed by atoms with van der Waals surface area (Å²) in [6.07, 6.45) is 3.02. The number of hydrogen-bond acceptors (Lipinski definition) is 5. The third-order valence-corrected chi connectivity index (χ3v) is 5.62. The van der Waals surface area contributed by atoms with Crippen molar-refractivity contribution in [1.29, 1.82) is 0 Å². The van der Waals surface area contributed by atoms with Crippen molar-refractivity contribution >= 4 is 17.3 Å². The molecule has 3 aliphatic rings. The highest BCUT2D eigenvalue weighted by atomic mass is 32.1. The Bertz CT molecular complexity index is 506. The molecule has 1 atom stereocenters. The minimum Gasteiger partial charge on any atom is -0.355 e. The fraction of sp³-hybridized carbons (Fsp3) is 0.733. The Morgan fingerprint density at radius 1 is 1.36 bits per heavy atom. The van der Waals surface area contributed by atoms with Gasteiger partial charge in [0, 0.05) is 63.4 Å². The molecule has 0 amide bonds. The summed E-state index contributed by atoms with van der Waals surface area (Å²) in [6, 6.07) is 0.604. The smallest absolute Gasteiger partial charge is 0.191 e. The van der Waals surface area contributed by atoms with Gasteiger partial charge in [0.15, 0.2) is 5.96 Å². The highest BCUT2D eigenvalue weighted by molar-refractivity contribution is 7.11. The molecule has 22 heavy (non-hydrogen) atoms. The first kappa shape index (κ1) is 15.7. The third kappa shape index (κ3) is 3.77. The summed E-state index contributed by atoms with van der Waals surface area (Å²) >= 11 is 1.77. The number of aryl methyl sites for hydroxylation is 1. The molecule has 1 aromatic rings. The average molecular weight is 322 g/mol. The van der Waals surface area contributed by atoms with Crippen LogP contribution in [0, 0.1) is 0 Å². The average Bonchev–Trinajstić information content (AvgIpc) is 3.04. The minimum atomic E-state index is 0.604. The van der Waals surface area contributed by atoms with Crippen LogP contribution in [0.15, 0.2) is 11.2 Å². The largest absolute Gasteiger partial charge is 0.355 e. The Morgan fingerprint density at radius 2 is 2.18 bits per heavy atom. The topological polar surface area (TPSA) is 55.8 Å². The van der Waals surface area contributed by atoms with Crippen molar-refractivity contribution in [3.05, 3.63) is 16.1 Å². The molecule has 1 unspecified atom stereocenters. The van der Waals surface area contributed by atoms with Crippen LogP contribution in [-0.2, 0) is 13.0 Å². The van der Waals surface area contributed by atoms with Gasteiger partial charge in [0.25, 0.3) is 0 Å². The molecule has 4 heterocycles. The quantitative estimate of drug-likeness (QED) is 0.606. The summed E-state index contributed by atoms with van der Waals surface area (Å²) in [4.78, 5) is 15.2. The van der Waals surface area contributed by atoms with E-state index < -0.39 is 0 Å². The van der Waals surface area contributed by atoms with Gasteiger partial charge in [-0.3, -0.25) is 14.8 Å². The van der Waals surface area contributed by atoms with Gasteiger partial charge in [-0.1, -0.05) is 6.92 Å². The second-order valence-electron chi connectivity index (χ2n) is 5.87. The Hall–Kier alpha value is -1.18. The number of hydrogen-bond donors (Lipinski definition) is 2. The Labute approximate surface area is 136 Å². The van der Waals surface area contributed by atoms with Crippen LogP contribution in [-0.4, -0.2) is 73.1 Å². The highest BCUT2D eigenvalue weighted by Crippen LogP contribution is 2.15. The van der Waals surface area contributed by atoms with Crippen molar-refractivity contribution in [2.24, 2.45) is 4.99 Å². The lowest BCUT2D eigenvalue weighted by Crippen LogP contribution is -2.63. The predicted molar refractivity (Wildman–Crippen MR) is 91.5 cm³/mol. The van der Waals surface area contributed by atoms with Gasteiger partial charge in [0.1, 0.15) is 5.01 Å². The lowest BCUT2D eigenvalue weighted by atomic mass is 10.1. The van der Waals surface area contributed by atoms with Gasteiger partial charge in [-0.25, -0.2) is 4.98 Å². The molecule has 3 saturated heterocycles. The van der Waals surface area contributed by atoms with E-state index in [9.17, 15) is 0 Å². The van der Waals surface area contributed by atoms with Gasteiger partial charge >= 0.3 is 0 Å². The molecule has 2 N–H and O–H groups in total. The van der Waals surface area contributed by atoms with E-state index in [-0.39, 0.29) is 0 Å². The Kier molecular flexibility index (Phi) is 5.28. The molecule has 0 radical (unpaired) electrons. The standard InChI is InChI=1S/C15H26N6S/c1-3-13-9-17-14(22-13)10-19-15(16-2)18-8-12-11-20-4-6-21(12)7-5-20/h9,12H,3-8,10-11H2,1-2H3,(H2,16,18,19). The molecule has 2 bridgehead atoms. The molecule has 4 rings (SSSR count). The maximum atomic E-state index is 4.43. The zero-order valence-corrected chi connectivity index (χ0v) is 14.3. The number of nitrogens with zero attached hydrogens (tertiary/aromatic N) is 4. The summed E-state index contributed by atoms with van der Waals surface area (Å²) in [5, 5.41) is 7.94. The molecule has 3 fully saturated rings. The molecule has 0 saturated carbocycles. The first-order valence-electron chi connectivity index (χ1n) is 8.13. The van der Waals surface area contributed by atoms with Crippen molar-refractivity contribution in [3.8, 4) is 0 Å². The van der Waals surface area contributed by atoms with E-state index >= 15 is 0 Å². The van der Waals surface area contributed by atoms with Crippen LogP contribution in [0.3, 0.4) is 0 Å². The van der Waals surface area contributed by atoms with Crippen molar-refractivity contribution in [2.75, 3.05) is 46.3 Å². The Morgan fingerprint density at radius 3 is 2.77 bits per heavy atom. The first-order chi connectivity index (χ1) is 10.8. The van der Waals surface area contributed by atoms with E-state index in [1.165, 1.54) is 37.6 Å². The predicted octanol–water partition coefficient (Wildman–Crippen LogP) is 0.370. The maximum absolute atomic E-state index is 4.43. The zero-order chi connectivity index (χ0) is 15.4. The molecule has 7 heteroatoms. The number of fused-ring (bicyclic) bond motifs is 3. The number of rotatable bonds is 5. The van der Waals surface area contributed by atoms with Crippen LogP contribution < -0.4 is 10.6 Å². The molecule has 0 aromatic carbocycles. The van der Waals surface area contributed by atoms with Crippen LogP contribution in [0.4, 0.5) is 0 Å². The second-order valence-corrected chi connectivity index (χ2v) is 7.07. The minimum absolute atomic E-state index is 0.604. The summed E-state index contributed by atoms with van der Waals surface area (Å²) in [5.41, 5.74) is 0. The number of aliphatic imine (C=N–C) groups is 1. The lowest BCUT2D eigenvalue weighted by molar-refractivity contribution is 0.0154. The molecule has 122 valence electrons. The van der Waals surface area contributed by atoms with E-state index in [4.69, 9.17) is 0 Å². The monoisotopic (exact) mass is 322 g/mol. The number of aromatic nitrogens is 1. The second kappa shape index (κ2) is 7.39. The normalized spacial score (nSPS) is 27.9. The molecular weight excluding hydrogens is 296 g/mol. The molecule has 0 aliphatic carbocycles. The van der Waals surface area contributed by atoms with Crippen molar-refractivity contribution in [1.82, 2.24) is 25.4 Å². The van der Waals surface area contributed by atoms with Crippen LogP contribution >= 0.6 is 11.3 Å². The van der Waals surface area contributed by atoms with Crippen molar-refractivity contribution in [2.45, 2.75) is 25.9 Å². The Balaban J connectivity index is 1.44. The SMILES string of the molecule is CCc1cnc(CNC(=NC)NCC2CN3CCN2CC3)s1. The van der Waals surface area contributed by atoms with E-state index in [0.717, 1.165) is 30.5 Å². The van der Waals surface area contributed by atoms with E-state index in [1.54, 1.807) is 11.3 Å². The summed E-state index contributed by atoms with van der Waals surface area (Å²) in [7, 11) is 1.82. The van der Waals surface area contributed by atoms with Gasteiger partial charge in [-0.15, -0.1) is 11.3 Å². The van der Waals surface area contributed by atoms with Crippen LogP contribution in [0.5, 0.6) is 0 Å². The highest BCUT2D eigenvalue weighted by Gasteiger charge is 2.31. The first-order valence-corrected chi connectivity index (χ1v) is 8.94. The van der Waals surface area contributed by atoms with Gasteiger partial charge < -0.3 is 10.6 Å². The van der Waals surface area contributed by atoms with Crippen LogP contribution in [0.25, 0.3) is 0 Å².